The monoisotopic (exact) mass is 313 g/mol. The van der Waals surface area contributed by atoms with Crippen molar-refractivity contribution < 1.29 is 0 Å². The largest absolute Gasteiger partial charge is 0.347 e. The molecule has 0 radical (unpaired) electrons. The molecule has 3 nitrogen and oxygen atoms in total. The second-order valence-corrected chi connectivity index (χ2v) is 6.44. The first-order chi connectivity index (χ1) is 8.29. The Bertz CT molecular complexity index is 438. The maximum Gasteiger partial charge on any atom is 0.123 e. The van der Waals surface area contributed by atoms with Gasteiger partial charge in [0.15, 0.2) is 0 Å². The van der Waals surface area contributed by atoms with Crippen molar-refractivity contribution >= 4 is 27.3 Å². The molecule has 2 rings (SSSR count). The van der Waals surface area contributed by atoms with Crippen LogP contribution in [0.3, 0.4) is 0 Å². The summed E-state index contributed by atoms with van der Waals surface area (Å²) < 4.78 is 1.18. The standard InChI is InChI=1S/C12H16BrN3S/c1-2-5-14-10(12-15-6-7-16-12)8-9-3-4-11(13)17-9/h3-4,6-7,10,14H,2,5,8H2,1H3,(H,15,16). The maximum absolute atomic E-state index is 4.35. The molecule has 2 aromatic rings. The van der Waals surface area contributed by atoms with Gasteiger partial charge in [0.2, 0.25) is 0 Å². The molecule has 1 atom stereocenters. The molecule has 0 amide bonds. The van der Waals surface area contributed by atoms with Crippen LogP contribution in [0.1, 0.15) is 30.1 Å². The predicted octanol–water partition coefficient (Wildman–Crippen LogP) is 3.52. The van der Waals surface area contributed by atoms with E-state index in [4.69, 9.17) is 0 Å². The van der Waals surface area contributed by atoms with Crippen LogP contribution >= 0.6 is 27.3 Å². The predicted molar refractivity (Wildman–Crippen MR) is 75.3 cm³/mol. The molecule has 92 valence electrons. The zero-order valence-electron chi connectivity index (χ0n) is 9.74. The number of rotatable bonds is 6. The molecule has 1 unspecified atom stereocenters. The van der Waals surface area contributed by atoms with Gasteiger partial charge in [0, 0.05) is 23.7 Å². The lowest BCUT2D eigenvalue weighted by molar-refractivity contribution is 0.511. The topological polar surface area (TPSA) is 40.7 Å². The second kappa shape index (κ2) is 6.33. The van der Waals surface area contributed by atoms with E-state index >= 15 is 0 Å². The molecular formula is C12H16BrN3S. The van der Waals surface area contributed by atoms with Gasteiger partial charge in [-0.1, -0.05) is 6.92 Å². The maximum atomic E-state index is 4.35. The molecule has 0 aliphatic carbocycles. The van der Waals surface area contributed by atoms with E-state index in [0.717, 1.165) is 25.2 Å². The van der Waals surface area contributed by atoms with Crippen LogP contribution in [0.5, 0.6) is 0 Å². The Morgan fingerprint density at radius 3 is 3.00 bits per heavy atom. The number of thiophene rings is 1. The summed E-state index contributed by atoms with van der Waals surface area (Å²) in [6.45, 7) is 3.19. The number of halogens is 1. The second-order valence-electron chi connectivity index (χ2n) is 3.89. The van der Waals surface area contributed by atoms with Crippen LogP contribution in [0.4, 0.5) is 0 Å². The van der Waals surface area contributed by atoms with Crippen molar-refractivity contribution in [1.29, 1.82) is 0 Å². The zero-order valence-corrected chi connectivity index (χ0v) is 12.1. The Morgan fingerprint density at radius 1 is 1.53 bits per heavy atom. The summed E-state index contributed by atoms with van der Waals surface area (Å²) in [5, 5.41) is 3.53. The molecule has 0 aliphatic heterocycles. The van der Waals surface area contributed by atoms with Crippen LogP contribution in [0, 0.1) is 0 Å². The Hall–Kier alpha value is -0.650. The molecule has 0 spiro atoms. The van der Waals surface area contributed by atoms with Crippen LogP contribution in [-0.4, -0.2) is 16.5 Å². The van der Waals surface area contributed by atoms with Gasteiger partial charge in [-0.25, -0.2) is 4.98 Å². The van der Waals surface area contributed by atoms with Gasteiger partial charge in [-0.3, -0.25) is 0 Å². The molecule has 0 aromatic carbocycles. The van der Waals surface area contributed by atoms with Gasteiger partial charge in [0.1, 0.15) is 5.82 Å². The highest BCUT2D eigenvalue weighted by atomic mass is 79.9. The first-order valence-corrected chi connectivity index (χ1v) is 7.37. The molecule has 0 saturated carbocycles. The van der Waals surface area contributed by atoms with Gasteiger partial charge in [0.25, 0.3) is 0 Å². The molecule has 0 saturated heterocycles. The number of nitrogens with one attached hydrogen (secondary N) is 2. The minimum Gasteiger partial charge on any atom is -0.347 e. The van der Waals surface area contributed by atoms with E-state index < -0.39 is 0 Å². The van der Waals surface area contributed by atoms with Crippen LogP contribution in [0.2, 0.25) is 0 Å². The van der Waals surface area contributed by atoms with Gasteiger partial charge in [0.05, 0.1) is 9.83 Å². The highest BCUT2D eigenvalue weighted by Crippen LogP contribution is 2.26. The van der Waals surface area contributed by atoms with Gasteiger partial charge in [-0.15, -0.1) is 11.3 Å². The molecule has 0 bridgehead atoms. The average molecular weight is 314 g/mol. The molecule has 0 aliphatic rings. The first kappa shape index (κ1) is 12.8. The summed E-state index contributed by atoms with van der Waals surface area (Å²) in [5.41, 5.74) is 0. The Kier molecular flexibility index (Phi) is 4.76. The molecule has 0 fully saturated rings. The Morgan fingerprint density at radius 2 is 2.41 bits per heavy atom. The third-order valence-electron chi connectivity index (χ3n) is 2.52. The summed E-state index contributed by atoms with van der Waals surface area (Å²) in [7, 11) is 0. The number of aromatic amines is 1. The van der Waals surface area contributed by atoms with Crippen LogP contribution in [-0.2, 0) is 6.42 Å². The van der Waals surface area contributed by atoms with Crippen molar-refractivity contribution in [3.63, 3.8) is 0 Å². The number of imidazole rings is 1. The minimum atomic E-state index is 0.274. The lowest BCUT2D eigenvalue weighted by Crippen LogP contribution is -2.24. The molecule has 2 aromatic heterocycles. The molecular weight excluding hydrogens is 298 g/mol. The molecule has 17 heavy (non-hydrogen) atoms. The van der Waals surface area contributed by atoms with Gasteiger partial charge in [-0.2, -0.15) is 0 Å². The Balaban J connectivity index is 2.05. The summed E-state index contributed by atoms with van der Waals surface area (Å²) in [6, 6.07) is 4.53. The third kappa shape index (κ3) is 3.66. The normalized spacial score (nSPS) is 12.8. The number of nitrogens with zero attached hydrogens (tertiary/aromatic N) is 1. The molecule has 5 heteroatoms. The number of hydrogen-bond donors (Lipinski definition) is 2. The zero-order chi connectivity index (χ0) is 12.1. The summed E-state index contributed by atoms with van der Waals surface area (Å²) in [5.74, 6) is 1.02. The van der Waals surface area contributed by atoms with E-state index in [1.165, 1.54) is 8.66 Å². The van der Waals surface area contributed by atoms with E-state index in [2.05, 4.69) is 50.3 Å². The van der Waals surface area contributed by atoms with E-state index in [-0.39, 0.29) is 6.04 Å². The quantitative estimate of drug-likeness (QED) is 0.856. The van der Waals surface area contributed by atoms with Gasteiger partial charge >= 0.3 is 0 Å². The first-order valence-electron chi connectivity index (χ1n) is 5.76. The third-order valence-corrected chi connectivity index (χ3v) is 4.17. The number of H-pyrrole nitrogens is 1. The van der Waals surface area contributed by atoms with Gasteiger partial charge < -0.3 is 10.3 Å². The van der Waals surface area contributed by atoms with Crippen molar-refractivity contribution in [3.05, 3.63) is 39.0 Å². The van der Waals surface area contributed by atoms with Crippen LogP contribution in [0.15, 0.2) is 28.3 Å². The van der Waals surface area contributed by atoms with Crippen molar-refractivity contribution in [2.75, 3.05) is 6.54 Å². The van der Waals surface area contributed by atoms with Crippen LogP contribution < -0.4 is 5.32 Å². The highest BCUT2D eigenvalue weighted by Gasteiger charge is 2.14. The number of hydrogen-bond acceptors (Lipinski definition) is 3. The fourth-order valence-electron chi connectivity index (χ4n) is 1.71. The average Bonchev–Trinajstić information content (AvgIpc) is 2.95. The van der Waals surface area contributed by atoms with Crippen LogP contribution in [0.25, 0.3) is 0 Å². The van der Waals surface area contributed by atoms with Crippen molar-refractivity contribution in [3.8, 4) is 0 Å². The van der Waals surface area contributed by atoms with E-state index in [0.29, 0.717) is 0 Å². The number of aromatic nitrogens is 2. The summed E-state index contributed by atoms with van der Waals surface area (Å²) in [6.07, 6.45) is 5.79. The smallest absolute Gasteiger partial charge is 0.123 e. The fraction of sp³-hybridized carbons (Fsp3) is 0.417. The molecule has 2 N–H and O–H groups in total. The lowest BCUT2D eigenvalue weighted by atomic mass is 10.1. The SMILES string of the molecule is CCCNC(Cc1ccc(Br)s1)c1ncc[nH]1. The Labute approximate surface area is 114 Å². The van der Waals surface area contributed by atoms with Gasteiger partial charge in [-0.05, 0) is 41.0 Å². The van der Waals surface area contributed by atoms with Crippen molar-refractivity contribution in [1.82, 2.24) is 15.3 Å². The lowest BCUT2D eigenvalue weighted by Gasteiger charge is -2.15. The minimum absolute atomic E-state index is 0.274. The van der Waals surface area contributed by atoms with E-state index in [9.17, 15) is 0 Å². The fourth-order valence-corrected chi connectivity index (χ4v) is 3.24. The van der Waals surface area contributed by atoms with E-state index in [1.807, 2.05) is 6.20 Å². The summed E-state index contributed by atoms with van der Waals surface area (Å²) >= 11 is 5.28. The summed E-state index contributed by atoms with van der Waals surface area (Å²) in [4.78, 5) is 8.90. The van der Waals surface area contributed by atoms with E-state index in [1.54, 1.807) is 17.5 Å². The molecule has 2 heterocycles. The highest BCUT2D eigenvalue weighted by molar-refractivity contribution is 9.11. The van der Waals surface area contributed by atoms with Crippen molar-refractivity contribution in [2.45, 2.75) is 25.8 Å². The van der Waals surface area contributed by atoms with Crippen molar-refractivity contribution in [2.24, 2.45) is 0 Å².